The molecule has 3 unspecified atom stereocenters. The molecule has 2 saturated heterocycles. The molecule has 2 bridgehead atoms. The van der Waals surface area contributed by atoms with Crippen LogP contribution in [0.15, 0.2) is 18.2 Å². The van der Waals surface area contributed by atoms with E-state index in [-0.39, 0.29) is 11.4 Å². The van der Waals surface area contributed by atoms with Gasteiger partial charge in [-0.2, -0.15) is 0 Å². The summed E-state index contributed by atoms with van der Waals surface area (Å²) in [5, 5.41) is 0. The molecule has 1 spiro atoms. The first-order chi connectivity index (χ1) is 9.16. The molecular formula is C16H19NO2. The second kappa shape index (κ2) is 3.83. The van der Waals surface area contributed by atoms with Gasteiger partial charge in [-0.1, -0.05) is 11.6 Å². The molecule has 0 radical (unpaired) electrons. The van der Waals surface area contributed by atoms with Crippen molar-refractivity contribution in [3.05, 3.63) is 29.3 Å². The Hall–Kier alpha value is -1.35. The largest absolute Gasteiger partial charge is 0.486 e. The first-order valence-corrected chi connectivity index (χ1v) is 7.21. The number of ether oxygens (including phenoxy) is 1. The topological polar surface area (TPSA) is 29.5 Å². The maximum Gasteiger partial charge on any atom is 0.170 e. The number of rotatable bonds is 0. The molecule has 0 aromatic heterocycles. The van der Waals surface area contributed by atoms with E-state index in [1.807, 2.05) is 25.1 Å². The second-order valence-electron chi connectivity index (χ2n) is 6.30. The summed E-state index contributed by atoms with van der Waals surface area (Å²) in [7, 11) is 0. The Labute approximate surface area is 113 Å². The first-order valence-electron chi connectivity index (χ1n) is 7.21. The predicted molar refractivity (Wildman–Crippen MR) is 72.6 cm³/mol. The lowest BCUT2D eigenvalue weighted by Gasteiger charge is -2.45. The average molecular weight is 257 g/mol. The van der Waals surface area contributed by atoms with E-state index in [9.17, 15) is 4.79 Å². The Morgan fingerprint density at radius 2 is 2.26 bits per heavy atom. The maximum atomic E-state index is 12.5. The number of benzene rings is 1. The van der Waals surface area contributed by atoms with Crippen LogP contribution >= 0.6 is 0 Å². The van der Waals surface area contributed by atoms with Crippen molar-refractivity contribution >= 4 is 5.78 Å². The van der Waals surface area contributed by atoms with Crippen LogP contribution in [-0.2, 0) is 0 Å². The lowest BCUT2D eigenvalue weighted by atomic mass is 9.75. The third kappa shape index (κ3) is 1.64. The Kier molecular flexibility index (Phi) is 2.31. The molecule has 1 aromatic carbocycles. The summed E-state index contributed by atoms with van der Waals surface area (Å²) >= 11 is 0. The van der Waals surface area contributed by atoms with E-state index in [0.717, 1.165) is 36.4 Å². The molecule has 3 heteroatoms. The van der Waals surface area contributed by atoms with Gasteiger partial charge in [0.2, 0.25) is 0 Å². The van der Waals surface area contributed by atoms with Gasteiger partial charge in [-0.3, -0.25) is 4.79 Å². The summed E-state index contributed by atoms with van der Waals surface area (Å²) < 4.78 is 6.37. The summed E-state index contributed by atoms with van der Waals surface area (Å²) in [6, 6.07) is 5.98. The van der Waals surface area contributed by atoms with Gasteiger partial charge in [0.15, 0.2) is 5.78 Å². The quantitative estimate of drug-likeness (QED) is 0.715. The third-order valence-corrected chi connectivity index (χ3v) is 5.08. The highest BCUT2D eigenvalue weighted by Crippen LogP contribution is 2.45. The van der Waals surface area contributed by atoms with Crippen LogP contribution in [0.5, 0.6) is 5.75 Å². The SMILES string of the molecule is Cc1ccc2c(c1)C(=O)CC1(CCN3CCC1C3)O2. The summed E-state index contributed by atoms with van der Waals surface area (Å²) in [5.74, 6) is 1.60. The molecule has 2 fully saturated rings. The first kappa shape index (κ1) is 11.5. The molecule has 0 amide bonds. The Bertz CT molecular complexity index is 554. The minimum atomic E-state index is -0.216. The zero-order valence-corrected chi connectivity index (χ0v) is 11.3. The van der Waals surface area contributed by atoms with E-state index >= 15 is 0 Å². The Morgan fingerprint density at radius 3 is 3.16 bits per heavy atom. The van der Waals surface area contributed by atoms with E-state index in [4.69, 9.17) is 4.74 Å². The van der Waals surface area contributed by atoms with E-state index in [2.05, 4.69) is 4.90 Å². The standard InChI is InChI=1S/C16H19NO2/c1-11-2-3-15-13(8-11)14(18)9-16(19-15)5-7-17-6-4-12(16)10-17/h2-3,8,12H,4-7,9-10H2,1H3. The van der Waals surface area contributed by atoms with E-state index in [0.29, 0.717) is 12.3 Å². The number of Topliss-reactive ketones (excluding diaryl/α,β-unsaturated/α-hetero) is 1. The van der Waals surface area contributed by atoms with Crippen molar-refractivity contribution in [1.29, 1.82) is 0 Å². The molecule has 1 aromatic rings. The number of aryl methyl sites for hydroxylation is 1. The molecule has 3 atom stereocenters. The molecule has 3 heterocycles. The number of hydrogen-bond acceptors (Lipinski definition) is 3. The summed E-state index contributed by atoms with van der Waals surface area (Å²) in [6.45, 7) is 5.37. The van der Waals surface area contributed by atoms with Crippen molar-refractivity contribution in [3.8, 4) is 5.75 Å². The van der Waals surface area contributed by atoms with Crippen molar-refractivity contribution in [3.63, 3.8) is 0 Å². The molecule has 3 aliphatic heterocycles. The molecule has 4 rings (SSSR count). The van der Waals surface area contributed by atoms with Crippen molar-refractivity contribution in [2.24, 2.45) is 5.92 Å². The lowest BCUT2D eigenvalue weighted by molar-refractivity contribution is -0.0294. The fourth-order valence-corrected chi connectivity index (χ4v) is 3.96. The zero-order valence-electron chi connectivity index (χ0n) is 11.3. The highest BCUT2D eigenvalue weighted by molar-refractivity contribution is 6.00. The number of ketones is 1. The number of nitrogens with zero attached hydrogens (tertiary/aromatic N) is 1. The molecule has 3 aliphatic rings. The van der Waals surface area contributed by atoms with Crippen LogP contribution in [0, 0.1) is 12.8 Å². The molecular weight excluding hydrogens is 238 g/mol. The van der Waals surface area contributed by atoms with Crippen LogP contribution in [-0.4, -0.2) is 35.9 Å². The minimum Gasteiger partial charge on any atom is -0.486 e. The number of piperidine rings is 1. The molecule has 3 nitrogen and oxygen atoms in total. The fourth-order valence-electron chi connectivity index (χ4n) is 3.96. The van der Waals surface area contributed by atoms with E-state index < -0.39 is 0 Å². The lowest BCUT2D eigenvalue weighted by Crippen LogP contribution is -2.53. The smallest absolute Gasteiger partial charge is 0.170 e. The van der Waals surface area contributed by atoms with Crippen LogP contribution in [0.2, 0.25) is 0 Å². The van der Waals surface area contributed by atoms with Gasteiger partial charge in [-0.15, -0.1) is 0 Å². The monoisotopic (exact) mass is 257 g/mol. The van der Waals surface area contributed by atoms with E-state index in [1.54, 1.807) is 0 Å². The molecule has 0 aliphatic carbocycles. The summed E-state index contributed by atoms with van der Waals surface area (Å²) in [4.78, 5) is 15.0. The van der Waals surface area contributed by atoms with Crippen LogP contribution in [0.3, 0.4) is 0 Å². The van der Waals surface area contributed by atoms with Crippen molar-refractivity contribution < 1.29 is 9.53 Å². The third-order valence-electron chi connectivity index (χ3n) is 5.08. The molecule has 19 heavy (non-hydrogen) atoms. The molecule has 0 saturated carbocycles. The highest BCUT2D eigenvalue weighted by atomic mass is 16.5. The van der Waals surface area contributed by atoms with Gasteiger partial charge in [-0.05, 0) is 32.0 Å². The van der Waals surface area contributed by atoms with Gasteiger partial charge < -0.3 is 9.64 Å². The number of carbonyl (C=O) groups is 1. The fraction of sp³-hybridized carbons (Fsp3) is 0.562. The van der Waals surface area contributed by atoms with Gasteiger partial charge in [-0.25, -0.2) is 0 Å². The second-order valence-corrected chi connectivity index (χ2v) is 6.30. The number of fused-ring (bicyclic) bond motifs is 4. The van der Waals surface area contributed by atoms with E-state index in [1.165, 1.54) is 13.0 Å². The highest BCUT2D eigenvalue weighted by Gasteiger charge is 2.51. The molecule has 100 valence electrons. The van der Waals surface area contributed by atoms with Crippen LogP contribution in [0.25, 0.3) is 0 Å². The summed E-state index contributed by atoms with van der Waals surface area (Å²) in [5.41, 5.74) is 1.69. The van der Waals surface area contributed by atoms with Crippen LogP contribution in [0.4, 0.5) is 0 Å². The number of hydrogen-bond donors (Lipinski definition) is 0. The average Bonchev–Trinajstić information content (AvgIpc) is 2.81. The van der Waals surface area contributed by atoms with Gasteiger partial charge in [0.1, 0.15) is 11.4 Å². The zero-order chi connectivity index (χ0) is 13.0. The van der Waals surface area contributed by atoms with Gasteiger partial charge >= 0.3 is 0 Å². The minimum absolute atomic E-state index is 0.216. The summed E-state index contributed by atoms with van der Waals surface area (Å²) in [6.07, 6.45) is 2.74. The normalized spacial score (nSPS) is 36.2. The molecule has 0 N–H and O–H groups in total. The van der Waals surface area contributed by atoms with Crippen molar-refractivity contribution in [2.45, 2.75) is 31.8 Å². The van der Waals surface area contributed by atoms with Gasteiger partial charge in [0, 0.05) is 25.4 Å². The van der Waals surface area contributed by atoms with Crippen molar-refractivity contribution in [1.82, 2.24) is 4.90 Å². The van der Waals surface area contributed by atoms with Crippen LogP contribution in [0.1, 0.15) is 35.2 Å². The van der Waals surface area contributed by atoms with Crippen molar-refractivity contribution in [2.75, 3.05) is 19.6 Å². The van der Waals surface area contributed by atoms with Crippen LogP contribution < -0.4 is 4.74 Å². The Balaban J connectivity index is 1.74. The number of carbonyl (C=O) groups excluding carboxylic acids is 1. The predicted octanol–water partition coefficient (Wildman–Crippen LogP) is 2.42. The van der Waals surface area contributed by atoms with Gasteiger partial charge in [0.05, 0.1) is 12.0 Å². The van der Waals surface area contributed by atoms with Gasteiger partial charge in [0.25, 0.3) is 0 Å². The Morgan fingerprint density at radius 1 is 1.37 bits per heavy atom. The maximum absolute atomic E-state index is 12.5.